The average Bonchev–Trinajstić information content (AvgIpc) is 2.90. The van der Waals surface area contributed by atoms with Crippen LogP contribution in [0, 0.1) is 5.92 Å². The number of rotatable bonds is 9. The van der Waals surface area contributed by atoms with Crippen LogP contribution in [0.1, 0.15) is 25.8 Å². The predicted octanol–water partition coefficient (Wildman–Crippen LogP) is 3.29. The molecular weight excluding hydrogens is 286 g/mol. The van der Waals surface area contributed by atoms with Gasteiger partial charge in [0.25, 0.3) is 0 Å². The van der Waals surface area contributed by atoms with Gasteiger partial charge in [0.2, 0.25) is 6.79 Å². The Morgan fingerprint density at radius 3 is 2.76 bits per heavy atom. The highest BCUT2D eigenvalue weighted by Crippen LogP contribution is 2.38. The molecule has 0 saturated heterocycles. The quantitative estimate of drug-likeness (QED) is 0.709. The van der Waals surface area contributed by atoms with Crippen LogP contribution in [0.15, 0.2) is 12.1 Å². The molecule has 0 unspecified atom stereocenters. The van der Waals surface area contributed by atoms with Crippen LogP contribution in [0.4, 0.5) is 0 Å². The monoisotopic (exact) mass is 311 g/mol. The summed E-state index contributed by atoms with van der Waals surface area (Å²) in [7, 11) is 0. The van der Waals surface area contributed by atoms with Crippen molar-refractivity contribution >= 4 is 11.8 Å². The smallest absolute Gasteiger partial charge is 0.231 e. The van der Waals surface area contributed by atoms with E-state index in [2.05, 4.69) is 25.4 Å². The van der Waals surface area contributed by atoms with Gasteiger partial charge in [-0.15, -0.1) is 0 Å². The van der Waals surface area contributed by atoms with Gasteiger partial charge < -0.3 is 19.5 Å². The zero-order valence-electron chi connectivity index (χ0n) is 13.1. The van der Waals surface area contributed by atoms with Crippen molar-refractivity contribution in [1.82, 2.24) is 5.32 Å². The summed E-state index contributed by atoms with van der Waals surface area (Å²) < 4.78 is 16.8. The molecule has 2 rings (SSSR count). The molecule has 0 spiro atoms. The van der Waals surface area contributed by atoms with Gasteiger partial charge >= 0.3 is 0 Å². The number of hydrogen-bond acceptors (Lipinski definition) is 5. The Hall–Kier alpha value is -1.07. The topological polar surface area (TPSA) is 39.7 Å². The number of hydrogen-bond donors (Lipinski definition) is 1. The molecule has 1 N–H and O–H groups in total. The lowest BCUT2D eigenvalue weighted by Gasteiger charge is -2.14. The number of thioether (sulfide) groups is 1. The summed E-state index contributed by atoms with van der Waals surface area (Å²) in [6.07, 6.45) is 3.16. The molecule has 5 heteroatoms. The van der Waals surface area contributed by atoms with E-state index in [0.717, 1.165) is 54.7 Å². The van der Waals surface area contributed by atoms with Crippen LogP contribution in [0.5, 0.6) is 17.2 Å². The minimum Gasteiger partial charge on any atom is -0.493 e. The Balaban J connectivity index is 2.00. The van der Waals surface area contributed by atoms with E-state index in [0.29, 0.717) is 12.7 Å². The molecule has 1 aromatic rings. The summed E-state index contributed by atoms with van der Waals surface area (Å²) in [5, 5.41) is 3.45. The molecule has 1 aliphatic heterocycles. The van der Waals surface area contributed by atoms with Crippen LogP contribution >= 0.6 is 11.8 Å². The van der Waals surface area contributed by atoms with E-state index in [9.17, 15) is 0 Å². The number of fused-ring (bicyclic) bond motifs is 1. The molecule has 0 fully saturated rings. The highest BCUT2D eigenvalue weighted by molar-refractivity contribution is 7.98. The molecule has 0 saturated carbocycles. The summed E-state index contributed by atoms with van der Waals surface area (Å²) >= 11 is 1.84. The molecule has 118 valence electrons. The lowest BCUT2D eigenvalue weighted by molar-refractivity contribution is 0.173. The van der Waals surface area contributed by atoms with Crippen molar-refractivity contribution in [2.24, 2.45) is 5.92 Å². The van der Waals surface area contributed by atoms with Crippen LogP contribution in [0.2, 0.25) is 0 Å². The van der Waals surface area contributed by atoms with Crippen LogP contribution in [0.25, 0.3) is 0 Å². The predicted molar refractivity (Wildman–Crippen MR) is 87.6 cm³/mol. The molecule has 0 radical (unpaired) electrons. The van der Waals surface area contributed by atoms with Crippen LogP contribution < -0.4 is 19.5 Å². The summed E-state index contributed by atoms with van der Waals surface area (Å²) in [4.78, 5) is 0. The second-order valence-corrected chi connectivity index (χ2v) is 6.52. The highest BCUT2D eigenvalue weighted by atomic mass is 32.2. The molecule has 0 aliphatic carbocycles. The fourth-order valence-electron chi connectivity index (χ4n) is 2.12. The van der Waals surface area contributed by atoms with Gasteiger partial charge in [-0.05, 0) is 37.0 Å². The van der Waals surface area contributed by atoms with Crippen LogP contribution in [0.3, 0.4) is 0 Å². The van der Waals surface area contributed by atoms with Crippen LogP contribution in [-0.4, -0.2) is 32.0 Å². The maximum absolute atomic E-state index is 5.93. The minimum absolute atomic E-state index is 0.296. The highest BCUT2D eigenvalue weighted by Gasteiger charge is 2.18. The van der Waals surface area contributed by atoms with Crippen molar-refractivity contribution in [3.8, 4) is 17.2 Å². The van der Waals surface area contributed by atoms with E-state index < -0.39 is 0 Å². The van der Waals surface area contributed by atoms with E-state index in [4.69, 9.17) is 14.2 Å². The molecule has 0 bridgehead atoms. The third kappa shape index (κ3) is 5.00. The van der Waals surface area contributed by atoms with Crippen molar-refractivity contribution in [1.29, 1.82) is 0 Å². The lowest BCUT2D eigenvalue weighted by Crippen LogP contribution is -2.19. The molecule has 4 nitrogen and oxygen atoms in total. The van der Waals surface area contributed by atoms with Gasteiger partial charge in [-0.3, -0.25) is 0 Å². The maximum Gasteiger partial charge on any atom is 0.231 e. The average molecular weight is 311 g/mol. The number of benzene rings is 1. The summed E-state index contributed by atoms with van der Waals surface area (Å²) in [6.45, 7) is 7.20. The lowest BCUT2D eigenvalue weighted by atomic mass is 10.1. The summed E-state index contributed by atoms with van der Waals surface area (Å²) in [6, 6.07) is 3.98. The second kappa shape index (κ2) is 8.39. The van der Waals surface area contributed by atoms with E-state index in [1.807, 2.05) is 23.9 Å². The number of nitrogens with one attached hydrogen (secondary N) is 1. The molecule has 1 aromatic carbocycles. The molecule has 0 atom stereocenters. The summed E-state index contributed by atoms with van der Waals surface area (Å²) in [5.74, 6) is 4.24. The van der Waals surface area contributed by atoms with Crippen molar-refractivity contribution in [2.45, 2.75) is 26.8 Å². The molecule has 0 aromatic heterocycles. The Morgan fingerprint density at radius 1 is 1.29 bits per heavy atom. The van der Waals surface area contributed by atoms with Gasteiger partial charge in [-0.2, -0.15) is 11.8 Å². The summed E-state index contributed by atoms with van der Waals surface area (Å²) in [5.41, 5.74) is 1.13. The Bertz CT molecular complexity index is 451. The van der Waals surface area contributed by atoms with Gasteiger partial charge in [0.1, 0.15) is 5.75 Å². The molecule has 0 amide bonds. The maximum atomic E-state index is 5.93. The van der Waals surface area contributed by atoms with Crippen molar-refractivity contribution in [2.75, 3.05) is 32.0 Å². The van der Waals surface area contributed by atoms with Crippen LogP contribution in [-0.2, 0) is 6.54 Å². The second-order valence-electron chi connectivity index (χ2n) is 5.53. The normalized spacial score (nSPS) is 13.0. The number of ether oxygens (including phenoxy) is 3. The zero-order chi connectivity index (χ0) is 15.1. The zero-order valence-corrected chi connectivity index (χ0v) is 13.9. The van der Waals surface area contributed by atoms with Crippen molar-refractivity contribution in [3.63, 3.8) is 0 Å². The fourth-order valence-corrected chi connectivity index (χ4v) is 2.53. The molecule has 1 aliphatic rings. The standard InChI is InChI=1S/C16H25NO3S/c1-12(2)9-17-10-13-7-15-16(20-11-19-15)8-14(13)18-5-4-6-21-3/h7-8,12,17H,4-6,9-11H2,1-3H3. The Morgan fingerprint density at radius 2 is 2.05 bits per heavy atom. The van der Waals surface area contributed by atoms with E-state index in [1.165, 1.54) is 0 Å². The largest absolute Gasteiger partial charge is 0.493 e. The molecule has 21 heavy (non-hydrogen) atoms. The SMILES string of the molecule is CSCCCOc1cc2c(cc1CNCC(C)C)OCO2. The van der Waals surface area contributed by atoms with Gasteiger partial charge in [0.05, 0.1) is 6.61 Å². The van der Waals surface area contributed by atoms with Gasteiger partial charge in [0.15, 0.2) is 11.5 Å². The first kappa shape index (κ1) is 16.3. The van der Waals surface area contributed by atoms with E-state index >= 15 is 0 Å². The van der Waals surface area contributed by atoms with E-state index in [1.54, 1.807) is 0 Å². The first-order chi connectivity index (χ1) is 10.2. The Labute approximate surface area is 131 Å². The van der Waals surface area contributed by atoms with Gasteiger partial charge in [-0.1, -0.05) is 13.8 Å². The fraction of sp³-hybridized carbons (Fsp3) is 0.625. The molecular formula is C16H25NO3S. The third-order valence-electron chi connectivity index (χ3n) is 3.17. The van der Waals surface area contributed by atoms with Gasteiger partial charge in [0, 0.05) is 18.2 Å². The Kier molecular flexibility index (Phi) is 6.51. The first-order valence-electron chi connectivity index (χ1n) is 7.45. The van der Waals surface area contributed by atoms with Gasteiger partial charge in [-0.25, -0.2) is 0 Å². The van der Waals surface area contributed by atoms with Crippen molar-refractivity contribution in [3.05, 3.63) is 17.7 Å². The first-order valence-corrected chi connectivity index (χ1v) is 8.85. The molecule has 1 heterocycles. The third-order valence-corrected chi connectivity index (χ3v) is 3.87. The van der Waals surface area contributed by atoms with Crippen molar-refractivity contribution < 1.29 is 14.2 Å². The van der Waals surface area contributed by atoms with E-state index in [-0.39, 0.29) is 0 Å². The minimum atomic E-state index is 0.296.